The Kier molecular flexibility index (Phi) is 5.76. The van der Waals surface area contributed by atoms with Crippen molar-refractivity contribution in [3.63, 3.8) is 0 Å². The molecule has 0 atom stereocenters. The lowest BCUT2D eigenvalue weighted by Crippen LogP contribution is -2.26. The fourth-order valence-corrected chi connectivity index (χ4v) is 2.78. The Morgan fingerprint density at radius 1 is 0.720 bits per heavy atom. The van der Waals surface area contributed by atoms with Crippen LogP contribution in [-0.4, -0.2) is 21.8 Å². The Hall–Kier alpha value is -2.04. The minimum atomic E-state index is -1.19. The van der Waals surface area contributed by atoms with E-state index in [4.69, 9.17) is 9.47 Å². The summed E-state index contributed by atoms with van der Waals surface area (Å²) in [5.41, 5.74) is 2.36. The van der Waals surface area contributed by atoms with E-state index in [1.54, 1.807) is 27.7 Å². The van der Waals surface area contributed by atoms with Gasteiger partial charge in [0, 0.05) is 33.6 Å². The molecule has 2 aromatic rings. The van der Waals surface area contributed by atoms with Gasteiger partial charge in [-0.2, -0.15) is 0 Å². The second kappa shape index (κ2) is 7.46. The highest BCUT2D eigenvalue weighted by Crippen LogP contribution is 2.31. The Labute approximate surface area is 150 Å². The average molecular weight is 344 g/mol. The van der Waals surface area contributed by atoms with Crippen molar-refractivity contribution in [2.75, 3.05) is 0 Å². The van der Waals surface area contributed by atoms with Gasteiger partial charge in [0.2, 0.25) is 11.6 Å². The molecule has 25 heavy (non-hydrogen) atoms. The maximum absolute atomic E-state index is 9.73. The molecule has 0 aliphatic rings. The lowest BCUT2D eigenvalue weighted by molar-refractivity contribution is -0.105. The number of aliphatic hydroxyl groups is 2. The molecule has 2 N–H and O–H groups in total. The number of hydrogen-bond acceptors (Lipinski definition) is 4. The van der Waals surface area contributed by atoms with Crippen molar-refractivity contribution in [2.45, 2.75) is 58.5 Å². The summed E-state index contributed by atoms with van der Waals surface area (Å²) >= 11 is 0. The van der Waals surface area contributed by atoms with E-state index in [2.05, 4.69) is 6.92 Å². The zero-order valence-corrected chi connectivity index (χ0v) is 15.6. The van der Waals surface area contributed by atoms with Crippen LogP contribution in [0.25, 0.3) is 0 Å². The van der Waals surface area contributed by atoms with Crippen LogP contribution in [-0.2, 0) is 0 Å². The maximum Gasteiger partial charge on any atom is 0.202 e. The molecule has 0 unspecified atom stereocenters. The standard InChI is InChI=1S/C21H28O4/c1-6-19(15-7-11-17(12-8-15)24-20(2,3)22)16-9-13-18(14-10-16)25-21(4,5)23/h7-14,19,22-23H,6H2,1-5H3. The zero-order valence-electron chi connectivity index (χ0n) is 15.6. The van der Waals surface area contributed by atoms with Crippen LogP contribution in [0.3, 0.4) is 0 Å². The first-order chi connectivity index (χ1) is 11.6. The molecule has 136 valence electrons. The fraction of sp³-hybridized carbons (Fsp3) is 0.429. The molecule has 4 nitrogen and oxygen atoms in total. The van der Waals surface area contributed by atoms with E-state index in [9.17, 15) is 10.2 Å². The van der Waals surface area contributed by atoms with E-state index in [0.29, 0.717) is 11.5 Å². The van der Waals surface area contributed by atoms with Crippen LogP contribution in [0, 0.1) is 0 Å². The van der Waals surface area contributed by atoms with Crippen LogP contribution in [0.1, 0.15) is 58.1 Å². The summed E-state index contributed by atoms with van der Waals surface area (Å²) in [4.78, 5) is 0. The Bertz CT molecular complexity index is 602. The van der Waals surface area contributed by atoms with Crippen LogP contribution in [0.15, 0.2) is 48.5 Å². The van der Waals surface area contributed by atoms with Gasteiger partial charge in [0.25, 0.3) is 0 Å². The first kappa shape index (κ1) is 19.3. The van der Waals surface area contributed by atoms with Gasteiger partial charge in [-0.3, -0.25) is 0 Å². The normalized spacial score (nSPS) is 12.3. The minimum Gasteiger partial charge on any atom is -0.463 e. The quantitative estimate of drug-likeness (QED) is 0.729. The van der Waals surface area contributed by atoms with Gasteiger partial charge >= 0.3 is 0 Å². The van der Waals surface area contributed by atoms with E-state index in [0.717, 1.165) is 6.42 Å². The first-order valence-electron chi connectivity index (χ1n) is 8.60. The van der Waals surface area contributed by atoms with Crippen LogP contribution < -0.4 is 9.47 Å². The fourth-order valence-electron chi connectivity index (χ4n) is 2.78. The molecule has 0 fully saturated rings. The molecule has 0 heterocycles. The number of ether oxygens (including phenoxy) is 2. The smallest absolute Gasteiger partial charge is 0.202 e. The molecule has 0 spiro atoms. The third-order valence-corrected chi connectivity index (χ3v) is 3.71. The first-order valence-corrected chi connectivity index (χ1v) is 8.60. The Balaban J connectivity index is 2.16. The lowest BCUT2D eigenvalue weighted by atomic mass is 9.89. The van der Waals surface area contributed by atoms with Crippen molar-refractivity contribution in [1.29, 1.82) is 0 Å². The molecule has 0 aliphatic carbocycles. The van der Waals surface area contributed by atoms with Crippen molar-refractivity contribution in [3.8, 4) is 11.5 Å². The highest BCUT2D eigenvalue weighted by Gasteiger charge is 2.17. The maximum atomic E-state index is 9.73. The second-order valence-corrected chi connectivity index (χ2v) is 7.20. The van der Waals surface area contributed by atoms with Gasteiger partial charge in [-0.25, -0.2) is 0 Å². The van der Waals surface area contributed by atoms with Gasteiger partial charge in [0.15, 0.2) is 0 Å². The molecule has 2 rings (SSSR count). The molecule has 0 aliphatic heterocycles. The molecular formula is C21H28O4. The molecule has 0 saturated heterocycles. The molecule has 0 bridgehead atoms. The minimum absolute atomic E-state index is 0.257. The molecule has 2 aromatic carbocycles. The summed E-state index contributed by atoms with van der Waals surface area (Å²) in [5, 5.41) is 19.5. The summed E-state index contributed by atoms with van der Waals surface area (Å²) in [7, 11) is 0. The topological polar surface area (TPSA) is 58.9 Å². The van der Waals surface area contributed by atoms with Crippen molar-refractivity contribution >= 4 is 0 Å². The van der Waals surface area contributed by atoms with Gasteiger partial charge < -0.3 is 19.7 Å². The van der Waals surface area contributed by atoms with Crippen LogP contribution in [0.4, 0.5) is 0 Å². The monoisotopic (exact) mass is 344 g/mol. The van der Waals surface area contributed by atoms with Crippen LogP contribution >= 0.6 is 0 Å². The summed E-state index contributed by atoms with van der Waals surface area (Å²) in [5.74, 6) is -0.850. The van der Waals surface area contributed by atoms with Gasteiger partial charge in [-0.15, -0.1) is 0 Å². The summed E-state index contributed by atoms with van der Waals surface area (Å²) < 4.78 is 10.9. The molecule has 0 aromatic heterocycles. The predicted molar refractivity (Wildman–Crippen MR) is 98.9 cm³/mol. The number of rotatable bonds is 7. The van der Waals surface area contributed by atoms with E-state index >= 15 is 0 Å². The van der Waals surface area contributed by atoms with Gasteiger partial charge in [-0.1, -0.05) is 31.2 Å². The van der Waals surface area contributed by atoms with Crippen LogP contribution in [0.2, 0.25) is 0 Å². The summed E-state index contributed by atoms with van der Waals surface area (Å²) in [6.45, 7) is 8.56. The molecule has 4 heteroatoms. The highest BCUT2D eigenvalue weighted by atomic mass is 16.6. The number of hydrogen-bond donors (Lipinski definition) is 2. The van der Waals surface area contributed by atoms with Gasteiger partial charge in [0.1, 0.15) is 11.5 Å². The van der Waals surface area contributed by atoms with E-state index in [-0.39, 0.29) is 5.92 Å². The van der Waals surface area contributed by atoms with E-state index < -0.39 is 11.6 Å². The van der Waals surface area contributed by atoms with E-state index in [1.807, 2.05) is 48.5 Å². The van der Waals surface area contributed by atoms with Crippen molar-refractivity contribution in [1.82, 2.24) is 0 Å². The molecule has 0 amide bonds. The summed E-state index contributed by atoms with van der Waals surface area (Å²) in [6, 6.07) is 15.6. The van der Waals surface area contributed by atoms with Crippen molar-refractivity contribution in [2.24, 2.45) is 0 Å². The Morgan fingerprint density at radius 2 is 1.04 bits per heavy atom. The largest absolute Gasteiger partial charge is 0.463 e. The van der Waals surface area contributed by atoms with E-state index in [1.165, 1.54) is 11.1 Å². The Morgan fingerprint density at radius 3 is 1.28 bits per heavy atom. The molecule has 0 saturated carbocycles. The zero-order chi connectivity index (χ0) is 18.7. The SMILES string of the molecule is CCC(c1ccc(OC(C)(C)O)cc1)c1ccc(OC(C)(C)O)cc1. The second-order valence-electron chi connectivity index (χ2n) is 7.20. The van der Waals surface area contributed by atoms with Crippen molar-refractivity contribution < 1.29 is 19.7 Å². The molecular weight excluding hydrogens is 316 g/mol. The summed E-state index contributed by atoms with van der Waals surface area (Å²) in [6.07, 6.45) is 0.956. The van der Waals surface area contributed by atoms with Gasteiger partial charge in [0.05, 0.1) is 0 Å². The van der Waals surface area contributed by atoms with Crippen molar-refractivity contribution in [3.05, 3.63) is 59.7 Å². The lowest BCUT2D eigenvalue weighted by Gasteiger charge is -2.22. The van der Waals surface area contributed by atoms with Gasteiger partial charge in [-0.05, 0) is 41.8 Å². The number of benzene rings is 2. The predicted octanol–water partition coefficient (Wildman–Crippen LogP) is 4.44. The third kappa shape index (κ3) is 6.07. The third-order valence-electron chi connectivity index (χ3n) is 3.71. The average Bonchev–Trinajstić information content (AvgIpc) is 2.48. The highest BCUT2D eigenvalue weighted by molar-refractivity contribution is 5.38. The van der Waals surface area contributed by atoms with Crippen LogP contribution in [0.5, 0.6) is 11.5 Å². The molecule has 0 radical (unpaired) electrons.